The number of nitrogens with two attached hydrogens (primary N) is 1. The lowest BCUT2D eigenvalue weighted by Gasteiger charge is -2.35. The average molecular weight is 284 g/mol. The zero-order valence-corrected chi connectivity index (χ0v) is 12.4. The Bertz CT molecular complexity index is 447. The van der Waals surface area contributed by atoms with Gasteiger partial charge in [-0.05, 0) is 20.8 Å². The number of hydrogen-bond acceptors (Lipinski definition) is 6. The molecule has 7 heteroatoms. The van der Waals surface area contributed by atoms with Crippen LogP contribution < -0.4 is 10.6 Å². The van der Waals surface area contributed by atoms with E-state index >= 15 is 0 Å². The maximum atomic E-state index is 11.9. The first kappa shape index (κ1) is 13.9. The minimum absolute atomic E-state index is 0.240. The Hall–Kier alpha value is -1.50. The molecule has 1 aromatic heterocycles. The van der Waals surface area contributed by atoms with Gasteiger partial charge in [0.05, 0.1) is 6.20 Å². The molecule has 0 atom stereocenters. The van der Waals surface area contributed by atoms with Gasteiger partial charge in [0.2, 0.25) is 0 Å². The van der Waals surface area contributed by atoms with Crippen molar-refractivity contribution in [2.75, 3.05) is 36.8 Å². The number of nitrogens with zero attached hydrogens (tertiary/aromatic N) is 3. The van der Waals surface area contributed by atoms with Gasteiger partial charge in [-0.25, -0.2) is 9.78 Å². The molecule has 0 aromatic carbocycles. The summed E-state index contributed by atoms with van der Waals surface area (Å²) in [5.41, 5.74) is 5.18. The molecular formula is C12H20N4O2S. The molecule has 0 aliphatic carbocycles. The molecule has 1 fully saturated rings. The molecule has 0 spiro atoms. The molecular weight excluding hydrogens is 264 g/mol. The van der Waals surface area contributed by atoms with Crippen molar-refractivity contribution >= 4 is 27.6 Å². The van der Waals surface area contributed by atoms with E-state index in [-0.39, 0.29) is 6.09 Å². The van der Waals surface area contributed by atoms with Gasteiger partial charge in [0, 0.05) is 26.2 Å². The average Bonchev–Trinajstić information content (AvgIpc) is 2.74. The molecule has 0 unspecified atom stereocenters. The van der Waals surface area contributed by atoms with Crippen molar-refractivity contribution in [3.05, 3.63) is 6.20 Å². The first-order chi connectivity index (χ1) is 8.85. The summed E-state index contributed by atoms with van der Waals surface area (Å²) >= 11 is 1.47. The van der Waals surface area contributed by atoms with Crippen LogP contribution in [0.2, 0.25) is 0 Å². The first-order valence-corrected chi connectivity index (χ1v) is 7.11. The fourth-order valence-electron chi connectivity index (χ4n) is 1.86. The van der Waals surface area contributed by atoms with Gasteiger partial charge < -0.3 is 20.3 Å². The number of hydrogen-bond donors (Lipinski definition) is 1. The highest BCUT2D eigenvalue weighted by Gasteiger charge is 2.26. The van der Waals surface area contributed by atoms with Crippen LogP contribution in [0.25, 0.3) is 0 Å². The van der Waals surface area contributed by atoms with Crippen LogP contribution in [0.5, 0.6) is 0 Å². The van der Waals surface area contributed by atoms with Gasteiger partial charge in [-0.15, -0.1) is 0 Å². The van der Waals surface area contributed by atoms with E-state index in [9.17, 15) is 4.79 Å². The first-order valence-electron chi connectivity index (χ1n) is 6.29. The lowest BCUT2D eigenvalue weighted by molar-refractivity contribution is 0.0241. The Morgan fingerprint density at radius 2 is 2.00 bits per heavy atom. The van der Waals surface area contributed by atoms with Crippen LogP contribution in [0.15, 0.2) is 6.20 Å². The van der Waals surface area contributed by atoms with E-state index < -0.39 is 5.60 Å². The molecule has 1 saturated heterocycles. The highest BCUT2D eigenvalue weighted by molar-refractivity contribution is 7.19. The molecule has 0 bridgehead atoms. The van der Waals surface area contributed by atoms with Crippen LogP contribution in [-0.4, -0.2) is 47.8 Å². The fraction of sp³-hybridized carbons (Fsp3) is 0.667. The third-order valence-corrected chi connectivity index (χ3v) is 3.64. The molecule has 0 saturated carbocycles. The van der Waals surface area contributed by atoms with Gasteiger partial charge in [-0.3, -0.25) is 0 Å². The number of piperazine rings is 1. The van der Waals surface area contributed by atoms with Crippen LogP contribution in [-0.2, 0) is 4.74 Å². The van der Waals surface area contributed by atoms with Crippen molar-refractivity contribution in [1.29, 1.82) is 0 Å². The zero-order chi connectivity index (χ0) is 14.0. The molecule has 6 nitrogen and oxygen atoms in total. The van der Waals surface area contributed by atoms with Crippen LogP contribution >= 0.6 is 11.3 Å². The number of ether oxygens (including phenoxy) is 1. The standard InChI is InChI=1S/C12H20N4O2S/c1-12(2,3)18-11(17)16-6-4-15(5-7-16)9-8-14-10(13)19-9/h8H,4-7H2,1-3H3,(H2,13,14). The summed E-state index contributed by atoms with van der Waals surface area (Å²) in [6.07, 6.45) is 1.54. The van der Waals surface area contributed by atoms with Crippen LogP contribution in [0.3, 0.4) is 0 Å². The van der Waals surface area contributed by atoms with E-state index in [4.69, 9.17) is 10.5 Å². The predicted octanol–water partition coefficient (Wildman–Crippen LogP) is 1.78. The lowest BCUT2D eigenvalue weighted by Crippen LogP contribution is -2.49. The quantitative estimate of drug-likeness (QED) is 0.851. The molecule has 2 heterocycles. The van der Waals surface area contributed by atoms with Crippen molar-refractivity contribution in [3.8, 4) is 0 Å². The molecule has 106 valence electrons. The fourth-order valence-corrected chi connectivity index (χ4v) is 2.60. The molecule has 2 rings (SSSR count). The summed E-state index contributed by atoms with van der Waals surface area (Å²) in [6, 6.07) is 0. The van der Waals surface area contributed by atoms with E-state index in [1.54, 1.807) is 11.1 Å². The predicted molar refractivity (Wildman–Crippen MR) is 76.5 cm³/mol. The number of carbonyl (C=O) groups is 1. The Morgan fingerprint density at radius 1 is 1.37 bits per heavy atom. The number of nitrogen functional groups attached to an aromatic ring is 1. The van der Waals surface area contributed by atoms with E-state index in [0.717, 1.165) is 18.1 Å². The number of thiazole rings is 1. The van der Waals surface area contributed by atoms with E-state index in [0.29, 0.717) is 18.2 Å². The van der Waals surface area contributed by atoms with Gasteiger partial charge >= 0.3 is 6.09 Å². The lowest BCUT2D eigenvalue weighted by atomic mass is 10.2. The summed E-state index contributed by atoms with van der Waals surface area (Å²) in [7, 11) is 0. The van der Waals surface area contributed by atoms with E-state index in [2.05, 4.69) is 9.88 Å². The molecule has 19 heavy (non-hydrogen) atoms. The summed E-state index contributed by atoms with van der Waals surface area (Å²) in [6.45, 7) is 8.50. The zero-order valence-electron chi connectivity index (χ0n) is 11.5. The summed E-state index contributed by atoms with van der Waals surface area (Å²) in [4.78, 5) is 19.9. The minimum atomic E-state index is -0.444. The molecule has 1 amide bonds. The van der Waals surface area contributed by atoms with Crippen molar-refractivity contribution in [3.63, 3.8) is 0 Å². The molecule has 0 radical (unpaired) electrons. The Balaban J connectivity index is 1.87. The summed E-state index contributed by atoms with van der Waals surface area (Å²) in [5.74, 6) is 0. The molecule has 1 aliphatic heterocycles. The highest BCUT2D eigenvalue weighted by atomic mass is 32.1. The molecule has 2 N–H and O–H groups in total. The van der Waals surface area contributed by atoms with E-state index in [1.165, 1.54) is 11.3 Å². The SMILES string of the molecule is CC(C)(C)OC(=O)N1CCN(c2cnc(N)s2)CC1. The molecule has 1 aromatic rings. The maximum Gasteiger partial charge on any atom is 0.410 e. The smallest absolute Gasteiger partial charge is 0.410 e. The van der Waals surface area contributed by atoms with Gasteiger partial charge in [0.1, 0.15) is 10.6 Å². The van der Waals surface area contributed by atoms with Crippen molar-refractivity contribution in [2.24, 2.45) is 0 Å². The summed E-state index contributed by atoms with van der Waals surface area (Å²) < 4.78 is 5.36. The maximum absolute atomic E-state index is 11.9. The van der Waals surface area contributed by atoms with Gasteiger partial charge in [0.25, 0.3) is 0 Å². The second-order valence-electron chi connectivity index (χ2n) is 5.49. The number of rotatable bonds is 1. The number of aromatic nitrogens is 1. The third kappa shape index (κ3) is 3.73. The number of amides is 1. The Labute approximate surface area is 117 Å². The van der Waals surface area contributed by atoms with Gasteiger partial charge in [-0.1, -0.05) is 11.3 Å². The van der Waals surface area contributed by atoms with Gasteiger partial charge in [0.15, 0.2) is 5.13 Å². The Kier molecular flexibility index (Phi) is 3.84. The third-order valence-electron chi connectivity index (χ3n) is 2.75. The second kappa shape index (κ2) is 5.24. The minimum Gasteiger partial charge on any atom is -0.444 e. The number of carbonyl (C=O) groups excluding carboxylic acids is 1. The van der Waals surface area contributed by atoms with Crippen LogP contribution in [0.4, 0.5) is 14.9 Å². The van der Waals surface area contributed by atoms with Crippen molar-refractivity contribution in [1.82, 2.24) is 9.88 Å². The topological polar surface area (TPSA) is 71.7 Å². The second-order valence-corrected chi connectivity index (χ2v) is 6.53. The molecule has 1 aliphatic rings. The highest BCUT2D eigenvalue weighted by Crippen LogP contribution is 2.26. The number of anilines is 2. The summed E-state index contributed by atoms with van der Waals surface area (Å²) in [5, 5.41) is 1.63. The van der Waals surface area contributed by atoms with Crippen LogP contribution in [0, 0.1) is 0 Å². The van der Waals surface area contributed by atoms with E-state index in [1.807, 2.05) is 20.8 Å². The Morgan fingerprint density at radius 3 is 2.47 bits per heavy atom. The monoisotopic (exact) mass is 284 g/mol. The normalized spacial score (nSPS) is 16.6. The van der Waals surface area contributed by atoms with Crippen molar-refractivity contribution < 1.29 is 9.53 Å². The largest absolute Gasteiger partial charge is 0.444 e. The van der Waals surface area contributed by atoms with Crippen molar-refractivity contribution in [2.45, 2.75) is 26.4 Å². The van der Waals surface area contributed by atoms with Gasteiger partial charge in [-0.2, -0.15) is 0 Å². The van der Waals surface area contributed by atoms with Crippen LogP contribution in [0.1, 0.15) is 20.8 Å².